The Labute approximate surface area is 247 Å². The number of carbonyl (C=O) groups excluding carboxylic acids is 1. The minimum atomic E-state index is -0.134. The highest BCUT2D eigenvalue weighted by molar-refractivity contribution is 6.68. The van der Waals surface area contributed by atoms with Gasteiger partial charge in [-0.05, 0) is 60.5 Å². The Bertz CT molecular complexity index is 1970. The molecule has 210 valence electrons. The van der Waals surface area contributed by atoms with E-state index in [1.807, 2.05) is 18.2 Å². The highest BCUT2D eigenvalue weighted by atomic mass is 16.3. The zero-order valence-electron chi connectivity index (χ0n) is 24.8. The molecule has 8 heteroatoms. The smallest absolute Gasteiger partial charge is 0.392 e. The molecule has 6 nitrogen and oxygen atoms in total. The molecular weight excluding hydrogens is 518 g/mol. The van der Waals surface area contributed by atoms with Crippen LogP contribution in [0.3, 0.4) is 0 Å². The summed E-state index contributed by atoms with van der Waals surface area (Å²) in [6.07, 6.45) is 6.23. The summed E-state index contributed by atoms with van der Waals surface area (Å²) >= 11 is 0. The number of aryl methyl sites for hydroxylation is 2. The first-order valence-corrected chi connectivity index (χ1v) is 15.4. The lowest BCUT2D eigenvalue weighted by atomic mass is 9.67. The molecule has 42 heavy (non-hydrogen) atoms. The molecule has 3 aliphatic rings. The molecule has 1 aliphatic carbocycles. The first kappa shape index (κ1) is 26.7. The molecule has 2 aliphatic heterocycles. The van der Waals surface area contributed by atoms with E-state index in [-0.39, 0.29) is 25.5 Å². The van der Waals surface area contributed by atoms with Crippen LogP contribution in [0.1, 0.15) is 56.2 Å². The summed E-state index contributed by atoms with van der Waals surface area (Å²) in [6, 6.07) is 16.7. The van der Waals surface area contributed by atoms with Crippen molar-refractivity contribution in [2.24, 2.45) is 4.90 Å². The molecule has 0 bridgehead atoms. The van der Waals surface area contributed by atoms with Gasteiger partial charge in [0.25, 0.3) is 0 Å². The molecule has 0 saturated carbocycles. The molecule has 7 rings (SSSR count). The summed E-state index contributed by atoms with van der Waals surface area (Å²) in [5, 5.41) is 28.4. The summed E-state index contributed by atoms with van der Waals surface area (Å²) in [5.74, 6) is -0.0805. The van der Waals surface area contributed by atoms with Crippen molar-refractivity contribution in [3.63, 3.8) is 0 Å². The number of aliphatic hydroxyl groups excluding tert-OH is 1. The topological polar surface area (TPSA) is 85.8 Å². The minimum absolute atomic E-state index is 0.0535. The molecule has 2 heterocycles. The lowest BCUT2D eigenvalue weighted by Gasteiger charge is -2.31. The number of carbonyl (C=O) groups is 1. The molecular formula is C34H36B2N4O2. The van der Waals surface area contributed by atoms with Crippen molar-refractivity contribution in [3.8, 4) is 0 Å². The van der Waals surface area contributed by atoms with Crippen molar-refractivity contribution in [3.05, 3.63) is 81.6 Å². The average Bonchev–Trinajstić information content (AvgIpc) is 2.97. The maximum Gasteiger partial charge on any atom is 0.392 e. The third-order valence-corrected chi connectivity index (χ3v) is 8.90. The van der Waals surface area contributed by atoms with Gasteiger partial charge in [0.15, 0.2) is 0 Å². The Morgan fingerprint density at radius 2 is 1.45 bits per heavy atom. The van der Waals surface area contributed by atoms with Crippen molar-refractivity contribution >= 4 is 69.5 Å². The number of allylic oxidation sites excluding steroid dienone is 2. The quantitative estimate of drug-likeness (QED) is 0.190. The van der Waals surface area contributed by atoms with E-state index in [2.05, 4.69) is 73.7 Å². The number of unbranched alkanes of at least 4 members (excludes halogenated alkanes) is 2. The van der Waals surface area contributed by atoms with Crippen LogP contribution in [0.4, 0.5) is 17.1 Å². The molecule has 0 fully saturated rings. The zero-order valence-corrected chi connectivity index (χ0v) is 24.8. The number of nitrogens with one attached hydrogen (secondary N) is 3. The van der Waals surface area contributed by atoms with Crippen molar-refractivity contribution < 1.29 is 9.90 Å². The number of Topliss-reactive ketones (excluding diaryl/α,β-unsaturated/α-hetero) is 1. The van der Waals surface area contributed by atoms with Crippen molar-refractivity contribution in [1.82, 2.24) is 0 Å². The van der Waals surface area contributed by atoms with E-state index in [1.165, 1.54) is 11.1 Å². The van der Waals surface area contributed by atoms with Gasteiger partial charge in [0.05, 0.1) is 16.5 Å². The number of benzene rings is 4. The fraction of sp³-hybridized carbons (Fsp3) is 0.294. The van der Waals surface area contributed by atoms with Crippen LogP contribution in [-0.4, -0.2) is 24.9 Å². The Kier molecular flexibility index (Phi) is 6.52. The van der Waals surface area contributed by atoms with Crippen molar-refractivity contribution in [1.29, 1.82) is 0 Å². The van der Waals surface area contributed by atoms with Gasteiger partial charge in [-0.15, -0.1) is 0 Å². The first-order valence-electron chi connectivity index (χ1n) is 15.4. The molecule has 0 amide bonds. The summed E-state index contributed by atoms with van der Waals surface area (Å²) in [5.41, 5.74) is 6.90. The summed E-state index contributed by atoms with van der Waals surface area (Å²) in [6.45, 7) is 8.58. The predicted molar refractivity (Wildman–Crippen MR) is 178 cm³/mol. The second-order valence-corrected chi connectivity index (χ2v) is 12.1. The van der Waals surface area contributed by atoms with Crippen LogP contribution < -0.4 is 26.3 Å². The van der Waals surface area contributed by atoms with Gasteiger partial charge in [0, 0.05) is 38.6 Å². The second kappa shape index (κ2) is 10.3. The first-order chi connectivity index (χ1) is 20.4. The van der Waals surface area contributed by atoms with E-state index in [1.54, 1.807) is 0 Å². The maximum atomic E-state index is 14.0. The van der Waals surface area contributed by atoms with E-state index in [0.717, 1.165) is 87.9 Å². The van der Waals surface area contributed by atoms with Crippen LogP contribution in [0.25, 0.3) is 32.7 Å². The monoisotopic (exact) mass is 554 g/mol. The molecule has 4 N–H and O–H groups in total. The molecule has 0 radical (unpaired) electrons. The summed E-state index contributed by atoms with van der Waals surface area (Å²) in [7, 11) is 0. The summed E-state index contributed by atoms with van der Waals surface area (Å²) in [4.78, 5) is 19.2. The predicted octanol–water partition coefficient (Wildman–Crippen LogP) is 6.77. The largest absolute Gasteiger partial charge is 0.506 e. The lowest BCUT2D eigenvalue weighted by molar-refractivity contribution is -0.109. The van der Waals surface area contributed by atoms with Crippen molar-refractivity contribution in [2.75, 3.05) is 15.7 Å². The van der Waals surface area contributed by atoms with E-state index in [0.29, 0.717) is 16.4 Å². The summed E-state index contributed by atoms with van der Waals surface area (Å²) < 4.78 is 0. The van der Waals surface area contributed by atoms with Crippen LogP contribution >= 0.6 is 0 Å². The highest BCUT2D eigenvalue weighted by Gasteiger charge is 2.39. The van der Waals surface area contributed by atoms with Crippen LogP contribution in [0.5, 0.6) is 0 Å². The van der Waals surface area contributed by atoms with Gasteiger partial charge in [-0.1, -0.05) is 75.9 Å². The Hall–Kier alpha value is -4.19. The number of rotatable bonds is 7. The number of nitrogens with zero attached hydrogens (tertiary/aromatic N) is 1. The average molecular weight is 554 g/mol. The SMILES string of the molecule is CCCCB1N=c2c(=C3C(=O)C(c4ccc5cc(C)cc6c5c4NB(CCCC)N6)=C3O)ccc3cc(C)cc(c23)N1. The Balaban J connectivity index is 1.43. The molecule has 4 aromatic carbocycles. The highest BCUT2D eigenvalue weighted by Crippen LogP contribution is 2.45. The fourth-order valence-electron chi connectivity index (χ4n) is 6.89. The van der Waals surface area contributed by atoms with Gasteiger partial charge in [0.2, 0.25) is 5.78 Å². The van der Waals surface area contributed by atoms with Crippen LogP contribution in [0.15, 0.2) is 59.2 Å². The van der Waals surface area contributed by atoms with E-state index in [4.69, 9.17) is 4.90 Å². The fourth-order valence-corrected chi connectivity index (χ4v) is 6.89. The Morgan fingerprint density at radius 1 is 0.786 bits per heavy atom. The van der Waals surface area contributed by atoms with Crippen LogP contribution in [-0.2, 0) is 4.79 Å². The van der Waals surface area contributed by atoms with E-state index >= 15 is 0 Å². The zero-order chi connectivity index (χ0) is 29.1. The molecule has 0 atom stereocenters. The third kappa shape index (κ3) is 4.19. The molecule has 0 unspecified atom stereocenters. The van der Waals surface area contributed by atoms with Crippen LogP contribution in [0.2, 0.25) is 12.6 Å². The molecule has 0 aromatic heterocycles. The number of anilines is 3. The van der Waals surface area contributed by atoms with Crippen LogP contribution in [0, 0.1) is 13.8 Å². The van der Waals surface area contributed by atoms with E-state index in [9.17, 15) is 9.90 Å². The van der Waals surface area contributed by atoms with Gasteiger partial charge in [-0.3, -0.25) is 4.79 Å². The maximum absolute atomic E-state index is 14.0. The standard InChI is InChI=1S/C34H36B2N4O2/c1-5-7-13-35-37-25-17-19(3)15-21-9-11-23(31(39-35)27(21)25)29-33(41)30(34(29)42)24-12-10-22-16-20(4)18-26-28(22)32(24)40-36(38-26)14-8-6-2/h9-12,15-18,37-39,41H,5-8,13-14H2,1-4H3. The third-order valence-electron chi connectivity index (χ3n) is 8.90. The van der Waals surface area contributed by atoms with Gasteiger partial charge in [-0.2, -0.15) is 0 Å². The van der Waals surface area contributed by atoms with E-state index < -0.39 is 0 Å². The minimum Gasteiger partial charge on any atom is -0.506 e. The van der Waals surface area contributed by atoms with Crippen molar-refractivity contribution in [2.45, 2.75) is 66.0 Å². The number of hydrogen-bond acceptors (Lipinski definition) is 6. The van der Waals surface area contributed by atoms with Gasteiger partial charge >= 0.3 is 14.0 Å². The van der Waals surface area contributed by atoms with Gasteiger partial charge in [0.1, 0.15) is 5.76 Å². The van der Waals surface area contributed by atoms with Gasteiger partial charge < -0.3 is 25.7 Å². The molecule has 0 spiro atoms. The van der Waals surface area contributed by atoms with Gasteiger partial charge in [-0.25, -0.2) is 0 Å². The Morgan fingerprint density at radius 3 is 2.17 bits per heavy atom. The number of ketones is 1. The molecule has 0 saturated heterocycles. The normalized spacial score (nSPS) is 16.7. The second-order valence-electron chi connectivity index (χ2n) is 12.1. The molecule has 4 aromatic rings. The lowest BCUT2D eigenvalue weighted by Crippen LogP contribution is -2.41. The number of aliphatic hydroxyl groups is 1. The number of hydrogen-bond donors (Lipinski definition) is 4.